The number of aryl methyl sites for hydroxylation is 1. The first-order valence-electron chi connectivity index (χ1n) is 6.25. The smallest absolute Gasteiger partial charge is 0.0701 e. The molecule has 0 bridgehead atoms. The van der Waals surface area contributed by atoms with E-state index in [-0.39, 0.29) is 5.66 Å². The summed E-state index contributed by atoms with van der Waals surface area (Å²) in [5.74, 6) is 0. The maximum atomic E-state index is 6.43. The van der Waals surface area contributed by atoms with Gasteiger partial charge in [-0.3, -0.25) is 4.90 Å². The average molecular weight is 234 g/mol. The van der Waals surface area contributed by atoms with Crippen molar-refractivity contribution in [2.24, 2.45) is 5.73 Å². The molecule has 0 spiro atoms. The fourth-order valence-electron chi connectivity index (χ4n) is 2.31. The normalized spacial score (nSPS) is 21.1. The zero-order valence-electron chi connectivity index (χ0n) is 10.8. The first-order chi connectivity index (χ1) is 8.08. The van der Waals surface area contributed by atoms with Gasteiger partial charge in [-0.15, -0.1) is 0 Å². The highest BCUT2D eigenvalue weighted by atomic mass is 16.5. The van der Waals surface area contributed by atoms with Gasteiger partial charge in [0.05, 0.1) is 18.9 Å². The molecule has 1 aliphatic rings. The number of benzene rings is 1. The molecule has 0 radical (unpaired) electrons. The van der Waals surface area contributed by atoms with Gasteiger partial charge < -0.3 is 10.5 Å². The van der Waals surface area contributed by atoms with E-state index >= 15 is 0 Å². The van der Waals surface area contributed by atoms with Crippen molar-refractivity contribution in [3.63, 3.8) is 0 Å². The molecule has 0 aliphatic carbocycles. The first-order valence-corrected chi connectivity index (χ1v) is 6.25. The van der Waals surface area contributed by atoms with Crippen LogP contribution >= 0.6 is 0 Å². The van der Waals surface area contributed by atoms with E-state index in [0.29, 0.717) is 0 Å². The van der Waals surface area contributed by atoms with Gasteiger partial charge in [0, 0.05) is 19.5 Å². The highest BCUT2D eigenvalue weighted by Crippen LogP contribution is 2.17. The molecule has 0 amide bonds. The number of nitrogens with two attached hydrogens (primary N) is 1. The predicted octanol–water partition coefficient (Wildman–Crippen LogP) is 1.54. The van der Waals surface area contributed by atoms with Crippen LogP contribution in [0.15, 0.2) is 24.3 Å². The molecule has 17 heavy (non-hydrogen) atoms. The molecule has 3 nitrogen and oxygen atoms in total. The Bertz CT molecular complexity index is 353. The van der Waals surface area contributed by atoms with Crippen LogP contribution in [0.5, 0.6) is 0 Å². The van der Waals surface area contributed by atoms with Crippen molar-refractivity contribution in [1.29, 1.82) is 0 Å². The third kappa shape index (κ3) is 3.28. The van der Waals surface area contributed by atoms with Crippen LogP contribution in [-0.4, -0.2) is 36.9 Å². The van der Waals surface area contributed by atoms with Gasteiger partial charge in [0.25, 0.3) is 0 Å². The molecule has 1 aliphatic heterocycles. The maximum absolute atomic E-state index is 6.43. The number of hydrogen-bond acceptors (Lipinski definition) is 3. The Kier molecular flexibility index (Phi) is 3.82. The van der Waals surface area contributed by atoms with Gasteiger partial charge in [-0.05, 0) is 19.4 Å². The van der Waals surface area contributed by atoms with Crippen LogP contribution < -0.4 is 5.73 Å². The molecule has 1 fully saturated rings. The largest absolute Gasteiger partial charge is 0.379 e. The molecule has 2 N–H and O–H groups in total. The molecule has 94 valence electrons. The lowest BCUT2D eigenvalue weighted by molar-refractivity contribution is -0.0142. The van der Waals surface area contributed by atoms with Gasteiger partial charge in [0.1, 0.15) is 0 Å². The molecular weight excluding hydrogens is 212 g/mol. The lowest BCUT2D eigenvalue weighted by Crippen LogP contribution is -2.58. The fourth-order valence-corrected chi connectivity index (χ4v) is 2.31. The summed E-state index contributed by atoms with van der Waals surface area (Å²) in [6, 6.07) is 8.62. The van der Waals surface area contributed by atoms with Crippen LogP contribution in [0.2, 0.25) is 0 Å². The Morgan fingerprint density at radius 1 is 1.24 bits per heavy atom. The zero-order chi connectivity index (χ0) is 12.3. The summed E-state index contributed by atoms with van der Waals surface area (Å²) < 4.78 is 5.36. The number of ether oxygens (including phenoxy) is 1. The Balaban J connectivity index is 2.02. The van der Waals surface area contributed by atoms with Crippen molar-refractivity contribution in [2.75, 3.05) is 26.3 Å². The standard InChI is InChI=1S/C14H22N2O/c1-12-3-5-13(6-4-12)11-14(2,15)16-7-9-17-10-8-16/h3-6H,7-11,15H2,1-2H3. The SMILES string of the molecule is Cc1ccc(CC(C)(N)N2CCOCC2)cc1. The minimum atomic E-state index is -0.279. The third-order valence-electron chi connectivity index (χ3n) is 3.42. The van der Waals surface area contributed by atoms with Crippen LogP contribution in [0, 0.1) is 6.92 Å². The first kappa shape index (κ1) is 12.6. The summed E-state index contributed by atoms with van der Waals surface area (Å²) >= 11 is 0. The van der Waals surface area contributed by atoms with E-state index < -0.39 is 0 Å². The van der Waals surface area contributed by atoms with Crippen molar-refractivity contribution in [3.05, 3.63) is 35.4 Å². The van der Waals surface area contributed by atoms with Crippen molar-refractivity contribution in [2.45, 2.75) is 25.9 Å². The monoisotopic (exact) mass is 234 g/mol. The summed E-state index contributed by atoms with van der Waals surface area (Å²) in [6.07, 6.45) is 0.882. The molecular formula is C14H22N2O. The van der Waals surface area contributed by atoms with E-state index in [9.17, 15) is 0 Å². The minimum Gasteiger partial charge on any atom is -0.379 e. The minimum absolute atomic E-state index is 0.279. The van der Waals surface area contributed by atoms with Gasteiger partial charge in [-0.25, -0.2) is 0 Å². The van der Waals surface area contributed by atoms with E-state index in [2.05, 4.69) is 43.0 Å². The zero-order valence-corrected chi connectivity index (χ0v) is 10.8. The molecule has 0 saturated carbocycles. The van der Waals surface area contributed by atoms with E-state index in [1.54, 1.807) is 0 Å². The third-order valence-corrected chi connectivity index (χ3v) is 3.42. The van der Waals surface area contributed by atoms with Gasteiger partial charge in [-0.2, -0.15) is 0 Å². The quantitative estimate of drug-likeness (QED) is 0.862. The highest BCUT2D eigenvalue weighted by Gasteiger charge is 2.28. The Labute approximate surface area is 104 Å². The summed E-state index contributed by atoms with van der Waals surface area (Å²) in [4.78, 5) is 2.32. The lowest BCUT2D eigenvalue weighted by Gasteiger charge is -2.40. The second-order valence-electron chi connectivity index (χ2n) is 5.12. The molecule has 1 heterocycles. The van der Waals surface area contributed by atoms with E-state index in [1.165, 1.54) is 11.1 Å². The number of rotatable bonds is 3. The number of morpholine rings is 1. The van der Waals surface area contributed by atoms with Crippen LogP contribution in [0.4, 0.5) is 0 Å². The number of hydrogen-bond donors (Lipinski definition) is 1. The van der Waals surface area contributed by atoms with E-state index in [0.717, 1.165) is 32.7 Å². The summed E-state index contributed by atoms with van der Waals surface area (Å²) in [5.41, 5.74) is 8.74. The van der Waals surface area contributed by atoms with Crippen LogP contribution in [0.25, 0.3) is 0 Å². The summed E-state index contributed by atoms with van der Waals surface area (Å²) in [7, 11) is 0. The summed E-state index contributed by atoms with van der Waals surface area (Å²) in [5, 5.41) is 0. The molecule has 1 aromatic rings. The second kappa shape index (κ2) is 5.17. The van der Waals surface area contributed by atoms with Gasteiger partial charge in [-0.1, -0.05) is 29.8 Å². The molecule has 3 heteroatoms. The van der Waals surface area contributed by atoms with Crippen molar-refractivity contribution >= 4 is 0 Å². The Hall–Kier alpha value is -0.900. The number of nitrogens with zero attached hydrogens (tertiary/aromatic N) is 1. The Morgan fingerprint density at radius 2 is 1.82 bits per heavy atom. The van der Waals surface area contributed by atoms with Crippen molar-refractivity contribution < 1.29 is 4.74 Å². The molecule has 1 aromatic carbocycles. The highest BCUT2D eigenvalue weighted by molar-refractivity contribution is 5.22. The summed E-state index contributed by atoms with van der Waals surface area (Å²) in [6.45, 7) is 7.66. The maximum Gasteiger partial charge on any atom is 0.0701 e. The van der Waals surface area contributed by atoms with Gasteiger partial charge in [0.15, 0.2) is 0 Å². The average Bonchev–Trinajstić information content (AvgIpc) is 2.33. The molecule has 1 saturated heterocycles. The molecule has 1 atom stereocenters. The van der Waals surface area contributed by atoms with Crippen LogP contribution in [0.1, 0.15) is 18.1 Å². The van der Waals surface area contributed by atoms with Crippen LogP contribution in [-0.2, 0) is 11.2 Å². The lowest BCUT2D eigenvalue weighted by atomic mass is 9.99. The fraction of sp³-hybridized carbons (Fsp3) is 0.571. The molecule has 0 aromatic heterocycles. The van der Waals surface area contributed by atoms with Gasteiger partial charge in [0.2, 0.25) is 0 Å². The molecule has 2 rings (SSSR count). The predicted molar refractivity (Wildman–Crippen MR) is 69.9 cm³/mol. The Morgan fingerprint density at radius 3 is 2.41 bits per heavy atom. The second-order valence-corrected chi connectivity index (χ2v) is 5.12. The topological polar surface area (TPSA) is 38.5 Å². The molecule has 1 unspecified atom stereocenters. The van der Waals surface area contributed by atoms with E-state index in [1.807, 2.05) is 0 Å². The van der Waals surface area contributed by atoms with Crippen molar-refractivity contribution in [3.8, 4) is 0 Å². The van der Waals surface area contributed by atoms with E-state index in [4.69, 9.17) is 10.5 Å². The van der Waals surface area contributed by atoms with Crippen molar-refractivity contribution in [1.82, 2.24) is 4.90 Å². The van der Waals surface area contributed by atoms with Gasteiger partial charge >= 0.3 is 0 Å². The van der Waals surface area contributed by atoms with Crippen LogP contribution in [0.3, 0.4) is 0 Å².